The van der Waals surface area contributed by atoms with Crippen LogP contribution in [0.5, 0.6) is 0 Å². The Bertz CT molecular complexity index is 475. The minimum absolute atomic E-state index is 0.0927. The SMILES string of the molecule is CCCCC=Cc1cc(C(=O)O)ccc1C(=O)O. The van der Waals surface area contributed by atoms with E-state index in [2.05, 4.69) is 6.92 Å². The van der Waals surface area contributed by atoms with Crippen molar-refractivity contribution in [3.63, 3.8) is 0 Å². The highest BCUT2D eigenvalue weighted by Crippen LogP contribution is 2.15. The fourth-order valence-corrected chi connectivity index (χ4v) is 1.56. The molecular formula is C14H16O4. The molecule has 0 bridgehead atoms. The van der Waals surface area contributed by atoms with E-state index in [0.29, 0.717) is 5.56 Å². The van der Waals surface area contributed by atoms with Gasteiger partial charge in [-0.05, 0) is 30.2 Å². The molecule has 0 amide bonds. The monoisotopic (exact) mass is 248 g/mol. The summed E-state index contributed by atoms with van der Waals surface area (Å²) in [6, 6.07) is 4.01. The summed E-state index contributed by atoms with van der Waals surface area (Å²) in [5, 5.41) is 17.9. The maximum absolute atomic E-state index is 11.0. The van der Waals surface area contributed by atoms with E-state index in [4.69, 9.17) is 10.2 Å². The molecule has 18 heavy (non-hydrogen) atoms. The van der Waals surface area contributed by atoms with Crippen LogP contribution >= 0.6 is 0 Å². The van der Waals surface area contributed by atoms with E-state index >= 15 is 0 Å². The van der Waals surface area contributed by atoms with Crippen LogP contribution < -0.4 is 0 Å². The highest BCUT2D eigenvalue weighted by Gasteiger charge is 2.11. The zero-order chi connectivity index (χ0) is 13.5. The van der Waals surface area contributed by atoms with E-state index in [1.807, 2.05) is 6.08 Å². The van der Waals surface area contributed by atoms with Crippen LogP contribution in [0.1, 0.15) is 52.5 Å². The lowest BCUT2D eigenvalue weighted by Gasteiger charge is -2.03. The average Bonchev–Trinajstić information content (AvgIpc) is 2.34. The number of allylic oxidation sites excluding steroid dienone is 1. The van der Waals surface area contributed by atoms with Gasteiger partial charge in [0, 0.05) is 0 Å². The summed E-state index contributed by atoms with van der Waals surface area (Å²) >= 11 is 0. The molecule has 0 saturated carbocycles. The molecule has 2 N–H and O–H groups in total. The fourth-order valence-electron chi connectivity index (χ4n) is 1.56. The third-order valence-corrected chi connectivity index (χ3v) is 2.55. The number of carboxylic acid groups (broad SMARTS) is 2. The summed E-state index contributed by atoms with van der Waals surface area (Å²) in [5.74, 6) is -2.11. The molecular weight excluding hydrogens is 232 g/mol. The number of hydrogen-bond donors (Lipinski definition) is 2. The first-order chi connectivity index (χ1) is 8.56. The Balaban J connectivity index is 3.03. The predicted octanol–water partition coefficient (Wildman–Crippen LogP) is 3.29. The number of rotatable bonds is 6. The van der Waals surface area contributed by atoms with Crippen molar-refractivity contribution in [2.75, 3.05) is 0 Å². The van der Waals surface area contributed by atoms with Crippen LogP contribution in [0, 0.1) is 0 Å². The molecule has 0 unspecified atom stereocenters. The van der Waals surface area contributed by atoms with E-state index in [-0.39, 0.29) is 11.1 Å². The van der Waals surface area contributed by atoms with Gasteiger partial charge in [0.25, 0.3) is 0 Å². The van der Waals surface area contributed by atoms with Crippen LogP contribution in [0.2, 0.25) is 0 Å². The molecule has 0 aliphatic carbocycles. The first kappa shape index (κ1) is 14.0. The van der Waals surface area contributed by atoms with Crippen molar-refractivity contribution in [3.8, 4) is 0 Å². The average molecular weight is 248 g/mol. The van der Waals surface area contributed by atoms with Crippen molar-refractivity contribution < 1.29 is 19.8 Å². The van der Waals surface area contributed by atoms with Gasteiger partial charge in [0.2, 0.25) is 0 Å². The molecule has 0 radical (unpaired) electrons. The Labute approximate surface area is 106 Å². The van der Waals surface area contributed by atoms with Gasteiger partial charge >= 0.3 is 11.9 Å². The van der Waals surface area contributed by atoms with Gasteiger partial charge in [0.15, 0.2) is 0 Å². The van der Waals surface area contributed by atoms with Gasteiger partial charge in [-0.25, -0.2) is 9.59 Å². The first-order valence-corrected chi connectivity index (χ1v) is 5.83. The van der Waals surface area contributed by atoms with Crippen LogP contribution in [0.15, 0.2) is 24.3 Å². The standard InChI is InChI=1S/C14H16O4/c1-2-3-4-5-6-10-9-11(13(15)16)7-8-12(10)14(17)18/h5-9H,2-4H2,1H3,(H,15,16)(H,17,18). The molecule has 1 rings (SSSR count). The maximum Gasteiger partial charge on any atom is 0.336 e. The third kappa shape index (κ3) is 3.73. The minimum Gasteiger partial charge on any atom is -0.478 e. The Morgan fingerprint density at radius 3 is 2.50 bits per heavy atom. The van der Waals surface area contributed by atoms with Crippen LogP contribution in [-0.4, -0.2) is 22.2 Å². The predicted molar refractivity (Wildman–Crippen MR) is 68.9 cm³/mol. The summed E-state index contributed by atoms with van der Waals surface area (Å²) in [5.41, 5.74) is 0.640. The highest BCUT2D eigenvalue weighted by molar-refractivity contribution is 5.95. The molecule has 0 aliphatic rings. The van der Waals surface area contributed by atoms with E-state index < -0.39 is 11.9 Å². The van der Waals surface area contributed by atoms with Gasteiger partial charge in [-0.1, -0.05) is 31.9 Å². The van der Waals surface area contributed by atoms with E-state index in [0.717, 1.165) is 19.3 Å². The molecule has 0 aromatic heterocycles. The van der Waals surface area contributed by atoms with Crippen LogP contribution in [0.4, 0.5) is 0 Å². The Kier molecular flexibility index (Phi) is 5.11. The maximum atomic E-state index is 11.0. The lowest BCUT2D eigenvalue weighted by Crippen LogP contribution is -2.03. The Morgan fingerprint density at radius 1 is 1.22 bits per heavy atom. The van der Waals surface area contributed by atoms with E-state index in [1.165, 1.54) is 18.2 Å². The minimum atomic E-state index is -1.06. The third-order valence-electron chi connectivity index (χ3n) is 2.55. The van der Waals surface area contributed by atoms with Crippen molar-refractivity contribution in [2.24, 2.45) is 0 Å². The Hall–Kier alpha value is -2.10. The lowest BCUT2D eigenvalue weighted by atomic mass is 10.0. The normalized spacial score (nSPS) is 10.7. The molecule has 1 aromatic carbocycles. The quantitative estimate of drug-likeness (QED) is 0.757. The van der Waals surface area contributed by atoms with Crippen molar-refractivity contribution in [2.45, 2.75) is 26.2 Å². The molecule has 0 fully saturated rings. The van der Waals surface area contributed by atoms with Crippen molar-refractivity contribution in [3.05, 3.63) is 41.0 Å². The van der Waals surface area contributed by atoms with Crippen LogP contribution in [0.25, 0.3) is 6.08 Å². The lowest BCUT2D eigenvalue weighted by molar-refractivity contribution is 0.0681. The summed E-state index contributed by atoms with van der Waals surface area (Å²) in [6.45, 7) is 2.07. The highest BCUT2D eigenvalue weighted by atomic mass is 16.4. The summed E-state index contributed by atoms with van der Waals surface area (Å²) in [7, 11) is 0. The Morgan fingerprint density at radius 2 is 1.94 bits per heavy atom. The molecule has 0 atom stereocenters. The number of benzene rings is 1. The second-order valence-corrected chi connectivity index (χ2v) is 3.96. The second-order valence-electron chi connectivity index (χ2n) is 3.96. The van der Waals surface area contributed by atoms with Crippen LogP contribution in [0.3, 0.4) is 0 Å². The molecule has 4 heteroatoms. The molecule has 0 aliphatic heterocycles. The first-order valence-electron chi connectivity index (χ1n) is 5.83. The topological polar surface area (TPSA) is 74.6 Å². The van der Waals surface area contributed by atoms with E-state index in [9.17, 15) is 9.59 Å². The molecule has 0 heterocycles. The van der Waals surface area contributed by atoms with Crippen molar-refractivity contribution in [1.29, 1.82) is 0 Å². The number of unbranched alkanes of at least 4 members (excludes halogenated alkanes) is 2. The summed E-state index contributed by atoms with van der Waals surface area (Å²) in [4.78, 5) is 21.8. The molecule has 96 valence electrons. The molecule has 0 saturated heterocycles. The van der Waals surface area contributed by atoms with Gasteiger partial charge in [-0.3, -0.25) is 0 Å². The van der Waals surface area contributed by atoms with Crippen molar-refractivity contribution >= 4 is 18.0 Å². The van der Waals surface area contributed by atoms with Gasteiger partial charge in [-0.15, -0.1) is 0 Å². The number of aromatic carboxylic acids is 2. The smallest absolute Gasteiger partial charge is 0.336 e. The van der Waals surface area contributed by atoms with Crippen molar-refractivity contribution in [1.82, 2.24) is 0 Å². The fraction of sp³-hybridized carbons (Fsp3) is 0.286. The second kappa shape index (κ2) is 6.59. The summed E-state index contributed by atoms with van der Waals surface area (Å²) in [6.07, 6.45) is 6.48. The summed E-state index contributed by atoms with van der Waals surface area (Å²) < 4.78 is 0. The number of carboxylic acids is 2. The zero-order valence-electron chi connectivity index (χ0n) is 10.2. The molecule has 1 aromatic rings. The van der Waals surface area contributed by atoms with E-state index in [1.54, 1.807) is 6.08 Å². The van der Waals surface area contributed by atoms with Gasteiger partial charge in [-0.2, -0.15) is 0 Å². The largest absolute Gasteiger partial charge is 0.478 e. The number of hydrogen-bond acceptors (Lipinski definition) is 2. The molecule has 4 nitrogen and oxygen atoms in total. The number of carbonyl (C=O) groups is 2. The van der Waals surface area contributed by atoms with Gasteiger partial charge in [0.1, 0.15) is 0 Å². The molecule has 0 spiro atoms. The van der Waals surface area contributed by atoms with Gasteiger partial charge < -0.3 is 10.2 Å². The van der Waals surface area contributed by atoms with Crippen LogP contribution in [-0.2, 0) is 0 Å². The van der Waals surface area contributed by atoms with Gasteiger partial charge in [0.05, 0.1) is 11.1 Å². The zero-order valence-corrected chi connectivity index (χ0v) is 10.2.